The minimum atomic E-state index is 0.994. The van der Waals surface area contributed by atoms with E-state index in [2.05, 4.69) is 37.5 Å². The van der Waals surface area contributed by atoms with Crippen molar-refractivity contribution in [2.24, 2.45) is 0 Å². The van der Waals surface area contributed by atoms with E-state index < -0.39 is 0 Å². The lowest BCUT2D eigenvalue weighted by Gasteiger charge is -2.05. The van der Waals surface area contributed by atoms with Gasteiger partial charge in [-0.15, -0.1) is 0 Å². The van der Waals surface area contributed by atoms with Gasteiger partial charge in [0.25, 0.3) is 0 Å². The topological polar surface area (TPSA) is 0 Å². The Morgan fingerprint density at radius 1 is 1.42 bits per heavy atom. The lowest BCUT2D eigenvalue weighted by Crippen LogP contribution is -1.85. The van der Waals surface area contributed by atoms with E-state index in [0.717, 1.165) is 12.8 Å². The van der Waals surface area contributed by atoms with Gasteiger partial charge in [-0.05, 0) is 18.4 Å². The van der Waals surface area contributed by atoms with Gasteiger partial charge in [-0.3, -0.25) is 0 Å². The van der Waals surface area contributed by atoms with Crippen molar-refractivity contribution < 1.29 is 0 Å². The van der Waals surface area contributed by atoms with Crippen molar-refractivity contribution in [2.45, 2.75) is 12.8 Å². The Labute approximate surface area is 74.3 Å². The van der Waals surface area contributed by atoms with E-state index in [1.165, 1.54) is 11.1 Å². The normalized spacial score (nSPS) is 16.7. The lowest BCUT2D eigenvalue weighted by atomic mass is 10.0. The average Bonchev–Trinajstić information content (AvgIpc) is 2.09. The van der Waals surface area contributed by atoms with Gasteiger partial charge in [-0.25, -0.2) is 0 Å². The second-order valence-electron chi connectivity index (χ2n) is 2.84. The summed E-state index contributed by atoms with van der Waals surface area (Å²) in [7, 11) is 0. The molecule has 0 unspecified atom stereocenters. The molecule has 1 rings (SSSR count). The van der Waals surface area contributed by atoms with E-state index in [1.807, 2.05) is 6.08 Å². The van der Waals surface area contributed by atoms with E-state index in [-0.39, 0.29) is 0 Å². The predicted molar refractivity (Wildman–Crippen MR) is 54.9 cm³/mol. The third kappa shape index (κ3) is 2.75. The average molecular weight is 158 g/mol. The molecule has 0 N–H and O–H groups in total. The monoisotopic (exact) mass is 158 g/mol. The highest BCUT2D eigenvalue weighted by molar-refractivity contribution is 5.35. The molecular weight excluding hydrogens is 144 g/mol. The zero-order chi connectivity index (χ0) is 8.81. The highest BCUT2D eigenvalue weighted by Crippen LogP contribution is 2.16. The van der Waals surface area contributed by atoms with Gasteiger partial charge in [0.15, 0.2) is 0 Å². The van der Waals surface area contributed by atoms with Crippen molar-refractivity contribution in [3.05, 3.63) is 60.8 Å². The minimum Gasteiger partial charge on any atom is -0.0991 e. The first-order valence-electron chi connectivity index (χ1n) is 4.15. The molecular formula is C12H14. The van der Waals surface area contributed by atoms with E-state index in [1.54, 1.807) is 6.08 Å². The first-order chi connectivity index (χ1) is 5.83. The van der Waals surface area contributed by atoms with Crippen LogP contribution in [-0.2, 0) is 0 Å². The first-order valence-corrected chi connectivity index (χ1v) is 4.15. The molecule has 1 aliphatic carbocycles. The molecule has 0 heterocycles. The van der Waals surface area contributed by atoms with E-state index >= 15 is 0 Å². The molecule has 0 aromatic heterocycles. The molecule has 0 aromatic rings. The first kappa shape index (κ1) is 8.79. The molecule has 0 nitrogen and oxygen atoms in total. The van der Waals surface area contributed by atoms with Gasteiger partial charge in [0, 0.05) is 0 Å². The van der Waals surface area contributed by atoms with Crippen molar-refractivity contribution >= 4 is 0 Å². The van der Waals surface area contributed by atoms with Crippen LogP contribution in [0, 0.1) is 0 Å². The van der Waals surface area contributed by atoms with Crippen LogP contribution in [0.4, 0.5) is 0 Å². The molecule has 0 amide bonds. The van der Waals surface area contributed by atoms with Crippen LogP contribution in [0.25, 0.3) is 0 Å². The summed E-state index contributed by atoms with van der Waals surface area (Å²) < 4.78 is 0. The van der Waals surface area contributed by atoms with Gasteiger partial charge in [-0.1, -0.05) is 55.2 Å². The van der Waals surface area contributed by atoms with Crippen LogP contribution in [-0.4, -0.2) is 0 Å². The van der Waals surface area contributed by atoms with E-state index in [0.29, 0.717) is 0 Å². The molecule has 62 valence electrons. The van der Waals surface area contributed by atoms with Crippen LogP contribution in [0.5, 0.6) is 0 Å². The number of hydrogen-bond donors (Lipinski definition) is 0. The molecule has 0 atom stereocenters. The van der Waals surface area contributed by atoms with Crippen molar-refractivity contribution in [3.63, 3.8) is 0 Å². The molecule has 0 aliphatic heterocycles. The number of allylic oxidation sites excluding steroid dienone is 8. The Kier molecular flexibility index (Phi) is 3.34. The molecule has 1 aliphatic rings. The fourth-order valence-corrected chi connectivity index (χ4v) is 1.07. The smallest absolute Gasteiger partial charge is 0.00974 e. The molecule has 0 aromatic carbocycles. The second-order valence-corrected chi connectivity index (χ2v) is 2.84. The van der Waals surface area contributed by atoms with Crippen molar-refractivity contribution in [2.75, 3.05) is 0 Å². The quantitative estimate of drug-likeness (QED) is 0.551. The summed E-state index contributed by atoms with van der Waals surface area (Å²) in [5.41, 5.74) is 2.55. The van der Waals surface area contributed by atoms with Crippen molar-refractivity contribution in [1.29, 1.82) is 0 Å². The highest BCUT2D eigenvalue weighted by atomic mass is 14.0. The molecule has 0 heteroatoms. The second kappa shape index (κ2) is 4.55. The third-order valence-electron chi connectivity index (χ3n) is 1.79. The van der Waals surface area contributed by atoms with Crippen LogP contribution < -0.4 is 0 Å². The van der Waals surface area contributed by atoms with Crippen LogP contribution >= 0.6 is 0 Å². The molecule has 0 saturated heterocycles. The van der Waals surface area contributed by atoms with Crippen LogP contribution in [0.3, 0.4) is 0 Å². The summed E-state index contributed by atoms with van der Waals surface area (Å²) in [6.45, 7) is 7.50. The molecule has 0 fully saturated rings. The van der Waals surface area contributed by atoms with Crippen LogP contribution in [0.1, 0.15) is 12.8 Å². The van der Waals surface area contributed by atoms with Gasteiger partial charge < -0.3 is 0 Å². The van der Waals surface area contributed by atoms with Crippen molar-refractivity contribution in [1.82, 2.24) is 0 Å². The van der Waals surface area contributed by atoms with Crippen molar-refractivity contribution in [3.8, 4) is 0 Å². The Bertz CT molecular complexity index is 262. The zero-order valence-electron chi connectivity index (χ0n) is 7.29. The molecule has 0 radical (unpaired) electrons. The zero-order valence-corrected chi connectivity index (χ0v) is 7.29. The molecule has 12 heavy (non-hydrogen) atoms. The third-order valence-corrected chi connectivity index (χ3v) is 1.79. The van der Waals surface area contributed by atoms with E-state index in [9.17, 15) is 0 Å². The lowest BCUT2D eigenvalue weighted by molar-refractivity contribution is 1.17. The van der Waals surface area contributed by atoms with Gasteiger partial charge in [-0.2, -0.15) is 0 Å². The standard InChI is InChI=1S/C12H14/c1-3-4-5-6-12-9-7-11(2)8-10-12/h3-5,7,9-10H,1-2,6,8H2/b5-4-. The SMILES string of the molecule is C=C/C=C\CC1=CCC(=C)C=C1. The summed E-state index contributed by atoms with van der Waals surface area (Å²) in [5, 5.41) is 0. The Morgan fingerprint density at radius 2 is 2.25 bits per heavy atom. The molecule has 0 bridgehead atoms. The maximum absolute atomic E-state index is 3.88. The van der Waals surface area contributed by atoms with E-state index in [4.69, 9.17) is 0 Å². The Balaban J connectivity index is 2.45. The van der Waals surface area contributed by atoms with Crippen LogP contribution in [0.2, 0.25) is 0 Å². The van der Waals surface area contributed by atoms with Crippen LogP contribution in [0.15, 0.2) is 60.8 Å². The van der Waals surface area contributed by atoms with Gasteiger partial charge in [0.05, 0.1) is 0 Å². The Hall–Kier alpha value is -1.30. The maximum atomic E-state index is 3.88. The molecule has 0 saturated carbocycles. The largest absolute Gasteiger partial charge is 0.0991 e. The summed E-state index contributed by atoms with van der Waals surface area (Å²) in [4.78, 5) is 0. The number of rotatable bonds is 3. The summed E-state index contributed by atoms with van der Waals surface area (Å²) in [6.07, 6.45) is 14.3. The predicted octanol–water partition coefficient (Wildman–Crippen LogP) is 3.56. The summed E-state index contributed by atoms with van der Waals surface area (Å²) >= 11 is 0. The molecule has 0 spiro atoms. The Morgan fingerprint density at radius 3 is 2.83 bits per heavy atom. The fourth-order valence-electron chi connectivity index (χ4n) is 1.07. The van der Waals surface area contributed by atoms with Gasteiger partial charge >= 0.3 is 0 Å². The maximum Gasteiger partial charge on any atom is -0.00974 e. The minimum absolute atomic E-state index is 0.994. The summed E-state index contributed by atoms with van der Waals surface area (Å²) in [6, 6.07) is 0. The fraction of sp³-hybridized carbons (Fsp3) is 0.167. The van der Waals surface area contributed by atoms with Gasteiger partial charge in [0.2, 0.25) is 0 Å². The van der Waals surface area contributed by atoms with Gasteiger partial charge in [0.1, 0.15) is 0 Å². The number of hydrogen-bond acceptors (Lipinski definition) is 0. The highest BCUT2D eigenvalue weighted by Gasteiger charge is 1.96. The summed E-state index contributed by atoms with van der Waals surface area (Å²) in [5.74, 6) is 0.